The molecule has 1 fully saturated rings. The maximum Gasteiger partial charge on any atom is 0.269 e. The van der Waals surface area contributed by atoms with Gasteiger partial charge in [0.2, 0.25) is 0 Å². The molecule has 0 saturated carbocycles. The largest absolute Gasteiger partial charge is 0.397 e. The van der Waals surface area contributed by atoms with Crippen molar-refractivity contribution >= 4 is 44.8 Å². The van der Waals surface area contributed by atoms with E-state index in [1.54, 1.807) is 12.3 Å². The van der Waals surface area contributed by atoms with Crippen LogP contribution in [0.25, 0.3) is 10.2 Å². The van der Waals surface area contributed by atoms with E-state index >= 15 is 0 Å². The van der Waals surface area contributed by atoms with Crippen LogP contribution in [0, 0.1) is 0 Å². The van der Waals surface area contributed by atoms with Gasteiger partial charge in [-0.1, -0.05) is 6.07 Å². The normalized spacial score (nSPS) is 16.6. The van der Waals surface area contributed by atoms with E-state index in [9.17, 15) is 4.79 Å². The molecule has 3 aromatic heterocycles. The summed E-state index contributed by atoms with van der Waals surface area (Å²) in [6, 6.07) is 5.41. The molecule has 7 nitrogen and oxygen atoms in total. The molecule has 2 aliphatic rings. The van der Waals surface area contributed by atoms with Gasteiger partial charge < -0.3 is 20.7 Å². The van der Waals surface area contributed by atoms with Crippen molar-refractivity contribution in [3.8, 4) is 0 Å². The van der Waals surface area contributed by atoms with Crippen molar-refractivity contribution in [2.45, 2.75) is 25.7 Å². The number of aryl methyl sites for hydroxylation is 1. The Morgan fingerprint density at radius 3 is 2.72 bits per heavy atom. The van der Waals surface area contributed by atoms with Crippen LogP contribution in [-0.4, -0.2) is 42.2 Å². The third kappa shape index (κ3) is 3.32. The Morgan fingerprint density at radius 2 is 1.97 bits per heavy atom. The number of rotatable bonds is 3. The van der Waals surface area contributed by atoms with Gasteiger partial charge in [-0.25, -0.2) is 9.97 Å². The number of ether oxygens (including phenoxy) is 1. The second-order valence-electron chi connectivity index (χ2n) is 7.39. The molecule has 8 heteroatoms. The summed E-state index contributed by atoms with van der Waals surface area (Å²) in [5, 5.41) is 3.81. The number of hydrogen-bond acceptors (Lipinski definition) is 7. The van der Waals surface area contributed by atoms with Gasteiger partial charge in [0.15, 0.2) is 0 Å². The number of carbonyl (C=O) groups excluding carboxylic acids is 1. The Kier molecular flexibility index (Phi) is 4.81. The van der Waals surface area contributed by atoms with Gasteiger partial charge in [-0.05, 0) is 48.9 Å². The maximum absolute atomic E-state index is 12.9. The predicted octanol–water partition coefficient (Wildman–Crippen LogP) is 3.24. The third-order valence-electron chi connectivity index (χ3n) is 5.60. The summed E-state index contributed by atoms with van der Waals surface area (Å²) in [6.45, 7) is 3.13. The molecular weight excluding hydrogens is 386 g/mol. The molecule has 0 spiro atoms. The number of morpholine rings is 1. The van der Waals surface area contributed by atoms with Crippen molar-refractivity contribution in [1.82, 2.24) is 9.97 Å². The lowest BCUT2D eigenvalue weighted by molar-refractivity contribution is 0.103. The first-order valence-electron chi connectivity index (χ1n) is 10.0. The highest BCUT2D eigenvalue weighted by molar-refractivity contribution is 7.21. The number of pyridine rings is 2. The van der Waals surface area contributed by atoms with Crippen LogP contribution in [-0.2, 0) is 17.6 Å². The highest BCUT2D eigenvalue weighted by atomic mass is 32.1. The van der Waals surface area contributed by atoms with Gasteiger partial charge in [-0.2, -0.15) is 0 Å². The average molecular weight is 410 g/mol. The Labute approximate surface area is 172 Å². The Hall–Kier alpha value is -2.71. The van der Waals surface area contributed by atoms with E-state index in [1.807, 2.05) is 12.1 Å². The Morgan fingerprint density at radius 1 is 1.17 bits per heavy atom. The van der Waals surface area contributed by atoms with Crippen molar-refractivity contribution in [2.75, 3.05) is 42.3 Å². The maximum atomic E-state index is 12.9. The van der Waals surface area contributed by atoms with Gasteiger partial charge in [0.1, 0.15) is 21.3 Å². The summed E-state index contributed by atoms with van der Waals surface area (Å²) in [5.41, 5.74) is 9.61. The molecule has 3 aromatic rings. The SMILES string of the molecule is Nc1c(C(=O)Nc2ccccn2)sc2nc(N3CCOCC3)c3c(c12)CCCC3. The van der Waals surface area contributed by atoms with E-state index < -0.39 is 0 Å². The van der Waals surface area contributed by atoms with Gasteiger partial charge >= 0.3 is 0 Å². The average Bonchev–Trinajstić information content (AvgIpc) is 3.11. The lowest BCUT2D eigenvalue weighted by atomic mass is 9.89. The molecule has 150 valence electrons. The first-order chi connectivity index (χ1) is 14.2. The molecule has 29 heavy (non-hydrogen) atoms. The zero-order valence-corrected chi connectivity index (χ0v) is 16.9. The smallest absolute Gasteiger partial charge is 0.269 e. The van der Waals surface area contributed by atoms with Crippen LogP contribution >= 0.6 is 11.3 Å². The summed E-state index contributed by atoms with van der Waals surface area (Å²) in [4.78, 5) is 25.7. The van der Waals surface area contributed by atoms with E-state index in [1.165, 1.54) is 22.5 Å². The minimum absolute atomic E-state index is 0.235. The molecular formula is C21H23N5O2S. The second kappa shape index (κ2) is 7.61. The summed E-state index contributed by atoms with van der Waals surface area (Å²) in [6.07, 6.45) is 5.94. The van der Waals surface area contributed by atoms with Crippen molar-refractivity contribution in [3.05, 3.63) is 40.4 Å². The number of amides is 1. The minimum atomic E-state index is -0.235. The van der Waals surface area contributed by atoms with Gasteiger partial charge in [-0.3, -0.25) is 4.79 Å². The standard InChI is InChI=1S/C21H23N5O2S/c22-17-16-13-5-1-2-6-14(13)19(26-9-11-28-12-10-26)25-21(16)29-18(17)20(27)24-15-7-3-4-8-23-15/h3-4,7-8H,1-2,5-6,9-12,22H2,(H,23,24,27). The van der Waals surface area contributed by atoms with Crippen LogP contribution in [0.1, 0.15) is 33.6 Å². The number of nitrogens with one attached hydrogen (secondary N) is 1. The highest BCUT2D eigenvalue weighted by Gasteiger charge is 2.27. The van der Waals surface area contributed by atoms with E-state index in [2.05, 4.69) is 15.2 Å². The van der Waals surface area contributed by atoms with Crippen LogP contribution in [0.3, 0.4) is 0 Å². The van der Waals surface area contributed by atoms with Crippen LogP contribution in [0.5, 0.6) is 0 Å². The minimum Gasteiger partial charge on any atom is -0.397 e. The van der Waals surface area contributed by atoms with Crippen molar-refractivity contribution in [3.63, 3.8) is 0 Å². The second-order valence-corrected chi connectivity index (χ2v) is 8.39. The topological polar surface area (TPSA) is 93.4 Å². The number of nitrogens with zero attached hydrogens (tertiary/aromatic N) is 3. The van der Waals surface area contributed by atoms with Crippen molar-refractivity contribution in [1.29, 1.82) is 0 Å². The summed E-state index contributed by atoms with van der Waals surface area (Å²) < 4.78 is 5.52. The molecule has 1 aliphatic carbocycles. The lowest BCUT2D eigenvalue weighted by Crippen LogP contribution is -2.37. The summed E-state index contributed by atoms with van der Waals surface area (Å²) in [5.74, 6) is 1.33. The van der Waals surface area contributed by atoms with Gasteiger partial charge in [0, 0.05) is 24.7 Å². The van der Waals surface area contributed by atoms with Gasteiger partial charge in [0.05, 0.1) is 18.9 Å². The van der Waals surface area contributed by atoms with E-state index in [0.29, 0.717) is 16.4 Å². The number of anilines is 3. The van der Waals surface area contributed by atoms with Crippen molar-refractivity contribution in [2.24, 2.45) is 0 Å². The van der Waals surface area contributed by atoms with E-state index in [4.69, 9.17) is 15.5 Å². The number of thiophene rings is 1. The molecule has 1 saturated heterocycles. The van der Waals surface area contributed by atoms with E-state index in [0.717, 1.165) is 68.0 Å². The molecule has 0 unspecified atom stereocenters. The number of nitrogens with two attached hydrogens (primary N) is 1. The predicted molar refractivity (Wildman–Crippen MR) is 116 cm³/mol. The number of hydrogen-bond donors (Lipinski definition) is 2. The van der Waals surface area contributed by atoms with Crippen LogP contribution in [0.15, 0.2) is 24.4 Å². The first-order valence-corrected chi connectivity index (χ1v) is 10.8. The zero-order valence-electron chi connectivity index (χ0n) is 16.1. The van der Waals surface area contributed by atoms with Gasteiger partial charge in [-0.15, -0.1) is 11.3 Å². The third-order valence-corrected chi connectivity index (χ3v) is 6.70. The molecule has 5 rings (SSSR count). The molecule has 0 aromatic carbocycles. The molecule has 3 N–H and O–H groups in total. The Bertz CT molecular complexity index is 1060. The molecule has 1 aliphatic heterocycles. The molecule has 0 bridgehead atoms. The number of fused-ring (bicyclic) bond motifs is 3. The van der Waals surface area contributed by atoms with E-state index in [-0.39, 0.29) is 5.91 Å². The van der Waals surface area contributed by atoms with Crippen LogP contribution < -0.4 is 16.0 Å². The fraction of sp³-hybridized carbons (Fsp3) is 0.381. The molecule has 0 radical (unpaired) electrons. The van der Waals surface area contributed by atoms with Crippen LogP contribution in [0.2, 0.25) is 0 Å². The van der Waals surface area contributed by atoms with Crippen molar-refractivity contribution < 1.29 is 9.53 Å². The highest BCUT2D eigenvalue weighted by Crippen LogP contribution is 2.42. The molecule has 4 heterocycles. The number of nitrogen functional groups attached to an aromatic ring is 1. The first kappa shape index (κ1) is 18.3. The zero-order chi connectivity index (χ0) is 19.8. The fourth-order valence-electron chi connectivity index (χ4n) is 4.21. The monoisotopic (exact) mass is 409 g/mol. The quantitative estimate of drug-likeness (QED) is 0.690. The molecule has 0 atom stereocenters. The Balaban J connectivity index is 1.59. The van der Waals surface area contributed by atoms with Crippen LogP contribution in [0.4, 0.5) is 17.3 Å². The lowest BCUT2D eigenvalue weighted by Gasteiger charge is -2.31. The summed E-state index contributed by atoms with van der Waals surface area (Å²) >= 11 is 1.37. The van der Waals surface area contributed by atoms with Gasteiger partial charge in [0.25, 0.3) is 5.91 Å². The number of aromatic nitrogens is 2. The fourth-order valence-corrected chi connectivity index (χ4v) is 5.23. The summed E-state index contributed by atoms with van der Waals surface area (Å²) in [7, 11) is 0. The number of carbonyl (C=O) groups is 1. The molecule has 1 amide bonds.